The van der Waals surface area contributed by atoms with E-state index < -0.39 is 0 Å². The molecule has 2 aromatic carbocycles. The maximum atomic E-state index is 13.3. The molecule has 3 atom stereocenters. The van der Waals surface area contributed by atoms with Crippen LogP contribution in [0.15, 0.2) is 54.6 Å². The van der Waals surface area contributed by atoms with Gasteiger partial charge in [0.15, 0.2) is 0 Å². The van der Waals surface area contributed by atoms with Gasteiger partial charge in [0.1, 0.15) is 5.82 Å². The molecule has 0 bridgehead atoms. The van der Waals surface area contributed by atoms with Crippen LogP contribution in [-0.2, 0) is 6.42 Å². The highest BCUT2D eigenvalue weighted by Crippen LogP contribution is 2.30. The largest absolute Gasteiger partial charge is 0.349 e. The topological polar surface area (TPSA) is 54.0 Å². The van der Waals surface area contributed by atoms with E-state index in [1.807, 2.05) is 30.3 Å². The highest BCUT2D eigenvalue weighted by atomic mass is 16.1. The van der Waals surface area contributed by atoms with Crippen LogP contribution in [0.2, 0.25) is 0 Å². The first-order valence-corrected chi connectivity index (χ1v) is 11.1. The second-order valence-electron chi connectivity index (χ2n) is 8.59. The number of carbonyl (C=O) groups excluding carboxylic acids is 1. The molecule has 156 valence electrons. The summed E-state index contributed by atoms with van der Waals surface area (Å²) in [5.41, 5.74) is 3.76. The summed E-state index contributed by atoms with van der Waals surface area (Å²) >= 11 is 0. The van der Waals surface area contributed by atoms with Crippen LogP contribution in [0.5, 0.6) is 0 Å². The Kier molecular flexibility index (Phi) is 6.03. The van der Waals surface area contributed by atoms with E-state index in [0.717, 1.165) is 29.4 Å². The van der Waals surface area contributed by atoms with Crippen LogP contribution < -0.4 is 10.6 Å². The minimum absolute atomic E-state index is 0.0102. The van der Waals surface area contributed by atoms with Crippen molar-refractivity contribution in [1.82, 2.24) is 10.3 Å². The average Bonchev–Trinajstić information content (AvgIpc) is 2.77. The smallest absolute Gasteiger partial charge is 0.252 e. The number of nitrogens with zero attached hydrogens (tertiary/aromatic N) is 1. The summed E-state index contributed by atoms with van der Waals surface area (Å²) in [6.07, 6.45) is 4.48. The SMILES string of the molecule is CCc1ccc(Nc2cc(C(=O)N[C@@H]3CCC[C@H](C)[C@@H]3C)c3ccccc3n2)cc1. The predicted octanol–water partition coefficient (Wildman–Crippen LogP) is 6.10. The van der Waals surface area contributed by atoms with Gasteiger partial charge in [0.2, 0.25) is 0 Å². The Morgan fingerprint density at radius 1 is 1.07 bits per heavy atom. The third kappa shape index (κ3) is 4.33. The molecule has 1 heterocycles. The van der Waals surface area contributed by atoms with Gasteiger partial charge in [-0.3, -0.25) is 4.79 Å². The molecule has 4 rings (SSSR count). The summed E-state index contributed by atoms with van der Waals surface area (Å²) in [6, 6.07) is 18.3. The van der Waals surface area contributed by atoms with Gasteiger partial charge in [-0.25, -0.2) is 4.98 Å². The van der Waals surface area contributed by atoms with Crippen LogP contribution in [0.3, 0.4) is 0 Å². The number of rotatable bonds is 5. The molecular formula is C26H31N3O. The number of nitrogens with one attached hydrogen (secondary N) is 2. The van der Waals surface area contributed by atoms with Gasteiger partial charge in [0.25, 0.3) is 5.91 Å². The fourth-order valence-corrected chi connectivity index (χ4v) is 4.43. The molecule has 1 aliphatic rings. The number of amides is 1. The van der Waals surface area contributed by atoms with E-state index in [1.54, 1.807) is 0 Å². The van der Waals surface area contributed by atoms with E-state index in [0.29, 0.717) is 23.2 Å². The number of aryl methyl sites for hydroxylation is 1. The molecule has 1 amide bonds. The van der Waals surface area contributed by atoms with Crippen molar-refractivity contribution in [3.05, 3.63) is 65.7 Å². The van der Waals surface area contributed by atoms with Gasteiger partial charge in [-0.2, -0.15) is 0 Å². The Morgan fingerprint density at radius 2 is 1.83 bits per heavy atom. The standard InChI is InChI=1S/C26H31N3O/c1-4-19-12-14-20(15-13-19)27-25-16-22(21-9-5-6-10-24(21)28-25)26(30)29-23-11-7-8-17(2)18(23)3/h5-6,9-10,12-18,23H,4,7-8,11H2,1-3H3,(H,27,28)(H,29,30)/t17-,18-,23+/m0/s1. The van der Waals surface area contributed by atoms with Crippen molar-refractivity contribution in [2.24, 2.45) is 11.8 Å². The van der Waals surface area contributed by atoms with Gasteiger partial charge in [-0.15, -0.1) is 0 Å². The van der Waals surface area contributed by atoms with E-state index in [1.165, 1.54) is 18.4 Å². The highest BCUT2D eigenvalue weighted by molar-refractivity contribution is 6.07. The van der Waals surface area contributed by atoms with Crippen LogP contribution in [-0.4, -0.2) is 16.9 Å². The molecule has 1 fully saturated rings. The van der Waals surface area contributed by atoms with Gasteiger partial charge in [0, 0.05) is 17.1 Å². The van der Waals surface area contributed by atoms with Gasteiger partial charge in [0.05, 0.1) is 11.1 Å². The normalized spacial score (nSPS) is 21.4. The van der Waals surface area contributed by atoms with Crippen molar-refractivity contribution >= 4 is 28.3 Å². The molecule has 1 saturated carbocycles. The summed E-state index contributed by atoms with van der Waals surface area (Å²) in [5, 5.41) is 7.58. The zero-order chi connectivity index (χ0) is 21.1. The summed E-state index contributed by atoms with van der Waals surface area (Å²) in [4.78, 5) is 18.0. The Balaban J connectivity index is 1.63. The first kappa shape index (κ1) is 20.4. The highest BCUT2D eigenvalue weighted by Gasteiger charge is 2.28. The number of carbonyl (C=O) groups is 1. The maximum absolute atomic E-state index is 13.3. The van der Waals surface area contributed by atoms with Crippen LogP contribution >= 0.6 is 0 Å². The third-order valence-corrected chi connectivity index (χ3v) is 6.62. The second-order valence-corrected chi connectivity index (χ2v) is 8.59. The Labute approximate surface area is 179 Å². The molecule has 0 unspecified atom stereocenters. The molecule has 0 radical (unpaired) electrons. The fraction of sp³-hybridized carbons (Fsp3) is 0.385. The predicted molar refractivity (Wildman–Crippen MR) is 124 cm³/mol. The zero-order valence-electron chi connectivity index (χ0n) is 18.1. The molecular weight excluding hydrogens is 370 g/mol. The molecule has 0 aliphatic heterocycles. The van der Waals surface area contributed by atoms with Gasteiger partial charge in [-0.1, -0.05) is 63.9 Å². The van der Waals surface area contributed by atoms with Gasteiger partial charge in [-0.05, 0) is 54.5 Å². The van der Waals surface area contributed by atoms with Crippen molar-refractivity contribution in [1.29, 1.82) is 0 Å². The van der Waals surface area contributed by atoms with Crippen LogP contribution in [0.1, 0.15) is 56.0 Å². The van der Waals surface area contributed by atoms with Crippen LogP contribution in [0, 0.1) is 11.8 Å². The minimum atomic E-state index is -0.0102. The maximum Gasteiger partial charge on any atom is 0.252 e. The van der Waals surface area contributed by atoms with Crippen molar-refractivity contribution in [3.63, 3.8) is 0 Å². The van der Waals surface area contributed by atoms with Crippen LogP contribution in [0.25, 0.3) is 10.9 Å². The number of para-hydroxylation sites is 1. The molecule has 4 nitrogen and oxygen atoms in total. The monoisotopic (exact) mass is 401 g/mol. The molecule has 3 aromatic rings. The quantitative estimate of drug-likeness (QED) is 0.543. The summed E-state index contributed by atoms with van der Waals surface area (Å²) in [7, 11) is 0. The molecule has 0 spiro atoms. The lowest BCUT2D eigenvalue weighted by molar-refractivity contribution is 0.0892. The first-order chi connectivity index (χ1) is 14.5. The average molecular weight is 402 g/mol. The van der Waals surface area contributed by atoms with Gasteiger partial charge < -0.3 is 10.6 Å². The van der Waals surface area contributed by atoms with Crippen LogP contribution in [0.4, 0.5) is 11.5 Å². The first-order valence-electron chi connectivity index (χ1n) is 11.1. The molecule has 30 heavy (non-hydrogen) atoms. The van der Waals surface area contributed by atoms with Crippen molar-refractivity contribution in [2.75, 3.05) is 5.32 Å². The lowest BCUT2D eigenvalue weighted by atomic mass is 9.78. The lowest BCUT2D eigenvalue weighted by Crippen LogP contribution is -2.43. The zero-order valence-corrected chi connectivity index (χ0v) is 18.1. The molecule has 2 N–H and O–H groups in total. The van der Waals surface area contributed by atoms with Crippen molar-refractivity contribution in [3.8, 4) is 0 Å². The number of hydrogen-bond acceptors (Lipinski definition) is 3. The Hall–Kier alpha value is -2.88. The molecule has 4 heteroatoms. The fourth-order valence-electron chi connectivity index (χ4n) is 4.43. The molecule has 1 aromatic heterocycles. The number of benzene rings is 2. The summed E-state index contributed by atoms with van der Waals surface area (Å²) in [5.74, 6) is 1.81. The second kappa shape index (κ2) is 8.86. The number of anilines is 2. The van der Waals surface area contributed by atoms with Gasteiger partial charge >= 0.3 is 0 Å². The van der Waals surface area contributed by atoms with Crippen molar-refractivity contribution in [2.45, 2.75) is 52.5 Å². The Morgan fingerprint density at radius 3 is 2.60 bits per heavy atom. The van der Waals surface area contributed by atoms with E-state index in [4.69, 9.17) is 4.98 Å². The third-order valence-electron chi connectivity index (χ3n) is 6.62. The lowest BCUT2D eigenvalue weighted by Gasteiger charge is -2.34. The van der Waals surface area contributed by atoms with Crippen molar-refractivity contribution < 1.29 is 4.79 Å². The minimum Gasteiger partial charge on any atom is -0.349 e. The molecule has 1 aliphatic carbocycles. The summed E-state index contributed by atoms with van der Waals surface area (Å²) in [6.45, 7) is 6.69. The number of hydrogen-bond donors (Lipinski definition) is 2. The van der Waals surface area contributed by atoms with E-state index in [2.05, 4.69) is 55.7 Å². The number of pyridine rings is 1. The number of aromatic nitrogens is 1. The number of fused-ring (bicyclic) bond motifs is 1. The van der Waals surface area contributed by atoms with E-state index in [-0.39, 0.29) is 11.9 Å². The van der Waals surface area contributed by atoms with E-state index in [9.17, 15) is 4.79 Å². The van der Waals surface area contributed by atoms with E-state index >= 15 is 0 Å². The summed E-state index contributed by atoms with van der Waals surface area (Å²) < 4.78 is 0. The molecule has 0 saturated heterocycles. The Bertz CT molecular complexity index is 1030.